The Labute approximate surface area is 144 Å². The number of piperazine rings is 1. The number of carbonyl (C=O) groups is 1. The summed E-state index contributed by atoms with van der Waals surface area (Å²) in [6.45, 7) is 3.69. The van der Waals surface area contributed by atoms with Crippen LogP contribution >= 0.6 is 11.6 Å². The van der Waals surface area contributed by atoms with Gasteiger partial charge in [0.25, 0.3) is 0 Å². The van der Waals surface area contributed by atoms with E-state index in [4.69, 9.17) is 11.6 Å². The van der Waals surface area contributed by atoms with Gasteiger partial charge in [0.2, 0.25) is 5.91 Å². The van der Waals surface area contributed by atoms with Crippen molar-refractivity contribution < 1.29 is 9.18 Å². The van der Waals surface area contributed by atoms with Crippen LogP contribution in [0.4, 0.5) is 4.39 Å². The zero-order valence-corrected chi connectivity index (χ0v) is 14.0. The predicted molar refractivity (Wildman–Crippen MR) is 87.9 cm³/mol. The summed E-state index contributed by atoms with van der Waals surface area (Å²) in [5, 5.41) is 4.43. The average molecular weight is 352 g/mol. The summed E-state index contributed by atoms with van der Waals surface area (Å²) in [5.74, 6) is -0.178. The normalized spacial score (nSPS) is 15.7. The average Bonchev–Trinajstić information content (AvgIpc) is 3.10. The maximum atomic E-state index is 13.9. The Balaban J connectivity index is 1.48. The minimum absolute atomic E-state index is 0.106. The summed E-state index contributed by atoms with van der Waals surface area (Å²) in [6.07, 6.45) is 3.46. The van der Waals surface area contributed by atoms with Gasteiger partial charge in [0, 0.05) is 49.7 Å². The monoisotopic (exact) mass is 351 g/mol. The molecule has 1 aliphatic heterocycles. The summed E-state index contributed by atoms with van der Waals surface area (Å²) < 4.78 is 15.5. The molecule has 1 aliphatic rings. The Morgan fingerprint density at radius 3 is 2.71 bits per heavy atom. The molecule has 1 aromatic heterocycles. The van der Waals surface area contributed by atoms with Crippen LogP contribution in [0.15, 0.2) is 30.9 Å². The van der Waals surface area contributed by atoms with Gasteiger partial charge in [-0.15, -0.1) is 0 Å². The first-order valence-corrected chi connectivity index (χ1v) is 8.26. The molecule has 128 valence electrons. The number of halogens is 2. The van der Waals surface area contributed by atoms with Crippen LogP contribution in [-0.4, -0.2) is 56.7 Å². The van der Waals surface area contributed by atoms with Gasteiger partial charge in [-0.25, -0.2) is 9.37 Å². The van der Waals surface area contributed by atoms with E-state index in [0.717, 1.165) is 0 Å². The molecule has 0 saturated carbocycles. The van der Waals surface area contributed by atoms with Gasteiger partial charge in [0.15, 0.2) is 0 Å². The summed E-state index contributed by atoms with van der Waals surface area (Å²) in [5.41, 5.74) is 0.519. The molecule has 0 spiro atoms. The third-order valence-corrected chi connectivity index (χ3v) is 4.54. The van der Waals surface area contributed by atoms with Gasteiger partial charge in [-0.1, -0.05) is 17.7 Å². The van der Waals surface area contributed by atoms with Crippen LogP contribution in [0.1, 0.15) is 12.0 Å². The fourth-order valence-electron chi connectivity index (χ4n) is 2.78. The molecule has 0 unspecified atom stereocenters. The second kappa shape index (κ2) is 7.72. The van der Waals surface area contributed by atoms with Gasteiger partial charge in [-0.05, 0) is 12.1 Å². The molecule has 0 radical (unpaired) electrons. The highest BCUT2D eigenvalue weighted by Gasteiger charge is 2.22. The maximum absolute atomic E-state index is 13.9. The van der Waals surface area contributed by atoms with Crippen molar-refractivity contribution in [1.82, 2.24) is 24.6 Å². The van der Waals surface area contributed by atoms with E-state index >= 15 is 0 Å². The lowest BCUT2D eigenvalue weighted by Crippen LogP contribution is -2.48. The minimum Gasteiger partial charge on any atom is -0.340 e. The minimum atomic E-state index is -0.283. The molecule has 8 heteroatoms. The molecule has 0 aliphatic carbocycles. The van der Waals surface area contributed by atoms with Crippen LogP contribution in [0.25, 0.3) is 0 Å². The van der Waals surface area contributed by atoms with Crippen molar-refractivity contribution in [2.24, 2.45) is 0 Å². The number of carbonyl (C=O) groups excluding carboxylic acids is 1. The molecule has 1 fully saturated rings. The molecule has 0 bridgehead atoms. The Hall–Kier alpha value is -1.99. The van der Waals surface area contributed by atoms with Gasteiger partial charge in [-0.2, -0.15) is 5.10 Å². The van der Waals surface area contributed by atoms with Crippen LogP contribution in [0.2, 0.25) is 5.02 Å². The highest BCUT2D eigenvalue weighted by molar-refractivity contribution is 6.31. The van der Waals surface area contributed by atoms with Crippen LogP contribution < -0.4 is 0 Å². The van der Waals surface area contributed by atoms with Gasteiger partial charge < -0.3 is 4.90 Å². The lowest BCUT2D eigenvalue weighted by Gasteiger charge is -2.35. The second-order valence-electron chi connectivity index (χ2n) is 5.77. The SMILES string of the molecule is O=C(CCn1cncn1)N1CCN(Cc2c(F)cccc2Cl)CC1. The molecule has 1 saturated heterocycles. The Morgan fingerprint density at radius 1 is 1.25 bits per heavy atom. The standard InChI is InChI=1S/C16H19ClFN5O/c17-14-2-1-3-15(18)13(14)10-21-6-8-22(9-7-21)16(24)4-5-23-12-19-11-20-23/h1-3,11-12H,4-10H2. The third kappa shape index (κ3) is 4.10. The molecule has 6 nitrogen and oxygen atoms in total. The van der Waals surface area contributed by atoms with E-state index in [1.54, 1.807) is 23.1 Å². The predicted octanol–water partition coefficient (Wildman–Crippen LogP) is 1.81. The first-order chi connectivity index (χ1) is 11.6. The highest BCUT2D eigenvalue weighted by Crippen LogP contribution is 2.21. The lowest BCUT2D eigenvalue weighted by atomic mass is 10.1. The fraction of sp³-hybridized carbons (Fsp3) is 0.438. The molecule has 3 rings (SSSR count). The molecule has 1 amide bonds. The number of benzene rings is 1. The summed E-state index contributed by atoms with van der Waals surface area (Å²) in [7, 11) is 0. The zero-order chi connectivity index (χ0) is 16.9. The first-order valence-electron chi connectivity index (χ1n) is 7.89. The largest absolute Gasteiger partial charge is 0.340 e. The molecular formula is C16H19ClFN5O. The molecule has 1 aromatic carbocycles. The number of amides is 1. The molecule has 24 heavy (non-hydrogen) atoms. The van der Waals surface area contributed by atoms with Crippen LogP contribution in [0, 0.1) is 5.82 Å². The number of aromatic nitrogens is 3. The van der Waals surface area contributed by atoms with Crippen molar-refractivity contribution in [3.63, 3.8) is 0 Å². The van der Waals surface area contributed by atoms with E-state index in [1.165, 1.54) is 12.4 Å². The number of hydrogen-bond donors (Lipinski definition) is 0. The molecule has 0 N–H and O–H groups in total. The first kappa shape index (κ1) is 16.9. The van der Waals surface area contributed by atoms with E-state index in [1.807, 2.05) is 4.90 Å². The summed E-state index contributed by atoms with van der Waals surface area (Å²) >= 11 is 6.07. The van der Waals surface area contributed by atoms with Gasteiger partial charge >= 0.3 is 0 Å². The number of hydrogen-bond acceptors (Lipinski definition) is 4. The topological polar surface area (TPSA) is 54.3 Å². The number of aryl methyl sites for hydroxylation is 1. The van der Waals surface area contributed by atoms with E-state index in [9.17, 15) is 9.18 Å². The Kier molecular flexibility index (Phi) is 5.42. The lowest BCUT2D eigenvalue weighted by molar-refractivity contribution is -0.133. The molecular weight excluding hydrogens is 333 g/mol. The second-order valence-corrected chi connectivity index (χ2v) is 6.17. The van der Waals surface area contributed by atoms with Crippen molar-refractivity contribution in [3.05, 3.63) is 47.3 Å². The van der Waals surface area contributed by atoms with E-state index < -0.39 is 0 Å². The summed E-state index contributed by atoms with van der Waals surface area (Å²) in [6, 6.07) is 4.72. The van der Waals surface area contributed by atoms with E-state index in [0.29, 0.717) is 56.3 Å². The molecule has 0 atom stereocenters. The maximum Gasteiger partial charge on any atom is 0.224 e. The molecule has 2 aromatic rings. The quantitative estimate of drug-likeness (QED) is 0.824. The number of nitrogens with zero attached hydrogens (tertiary/aromatic N) is 5. The van der Waals surface area contributed by atoms with Crippen LogP contribution in [0.3, 0.4) is 0 Å². The van der Waals surface area contributed by atoms with E-state index in [-0.39, 0.29) is 11.7 Å². The van der Waals surface area contributed by atoms with Gasteiger partial charge in [0.05, 0.1) is 6.54 Å². The number of rotatable bonds is 5. The Morgan fingerprint density at radius 2 is 2.04 bits per heavy atom. The van der Waals surface area contributed by atoms with Crippen molar-refractivity contribution in [3.8, 4) is 0 Å². The smallest absolute Gasteiger partial charge is 0.224 e. The highest BCUT2D eigenvalue weighted by atomic mass is 35.5. The zero-order valence-electron chi connectivity index (χ0n) is 13.2. The van der Waals surface area contributed by atoms with Gasteiger partial charge in [0.1, 0.15) is 18.5 Å². The van der Waals surface area contributed by atoms with Crippen molar-refractivity contribution in [2.75, 3.05) is 26.2 Å². The van der Waals surface area contributed by atoms with Gasteiger partial charge in [-0.3, -0.25) is 14.4 Å². The van der Waals surface area contributed by atoms with Crippen molar-refractivity contribution >= 4 is 17.5 Å². The van der Waals surface area contributed by atoms with Crippen LogP contribution in [-0.2, 0) is 17.9 Å². The Bertz CT molecular complexity index is 666. The summed E-state index contributed by atoms with van der Waals surface area (Å²) in [4.78, 5) is 20.0. The van der Waals surface area contributed by atoms with Crippen molar-refractivity contribution in [2.45, 2.75) is 19.5 Å². The fourth-order valence-corrected chi connectivity index (χ4v) is 3.00. The third-order valence-electron chi connectivity index (χ3n) is 4.19. The van der Waals surface area contributed by atoms with E-state index in [2.05, 4.69) is 15.0 Å². The molecule has 2 heterocycles. The van der Waals surface area contributed by atoms with Crippen molar-refractivity contribution in [1.29, 1.82) is 0 Å². The van der Waals surface area contributed by atoms with Crippen LogP contribution in [0.5, 0.6) is 0 Å².